The first-order chi connectivity index (χ1) is 10.1. The summed E-state index contributed by atoms with van der Waals surface area (Å²) in [6, 6.07) is 9.23. The summed E-state index contributed by atoms with van der Waals surface area (Å²) in [6.07, 6.45) is 8.72. The summed E-state index contributed by atoms with van der Waals surface area (Å²) in [5.74, 6) is 5.98. The maximum atomic E-state index is 5.98. The minimum atomic E-state index is 0.138. The lowest BCUT2D eigenvalue weighted by atomic mass is 9.73. The fourth-order valence-electron chi connectivity index (χ4n) is 3.89. The van der Waals surface area contributed by atoms with Gasteiger partial charge in [0.25, 0.3) is 0 Å². The van der Waals surface area contributed by atoms with E-state index in [1.165, 1.54) is 49.7 Å². The molecule has 0 aromatic heterocycles. The van der Waals surface area contributed by atoms with Gasteiger partial charge in [0.2, 0.25) is 0 Å². The molecule has 0 bridgehead atoms. The van der Waals surface area contributed by atoms with Gasteiger partial charge in [-0.15, -0.1) is 0 Å². The van der Waals surface area contributed by atoms with Crippen LogP contribution >= 0.6 is 0 Å². The molecular weight excluding hydrogens is 258 g/mol. The maximum absolute atomic E-state index is 5.98. The van der Waals surface area contributed by atoms with Crippen LogP contribution in [0.4, 0.5) is 0 Å². The summed E-state index contributed by atoms with van der Waals surface area (Å²) in [6.45, 7) is 2.22. The zero-order valence-corrected chi connectivity index (χ0v) is 13.9. The molecule has 1 aliphatic rings. The van der Waals surface area contributed by atoms with Crippen LogP contribution in [-0.2, 0) is 6.42 Å². The molecule has 1 aromatic carbocycles. The summed E-state index contributed by atoms with van der Waals surface area (Å²) in [7, 11) is 4.39. The Labute approximate surface area is 129 Å². The molecule has 118 valence electrons. The molecule has 0 radical (unpaired) electrons. The SMILES string of the molecule is CCCc1ccc(C(NN)C2(N(C)C)CCCCC2)cc1. The van der Waals surface area contributed by atoms with Gasteiger partial charge in [-0.2, -0.15) is 0 Å². The first kappa shape index (κ1) is 16.5. The molecule has 21 heavy (non-hydrogen) atoms. The van der Waals surface area contributed by atoms with Crippen LogP contribution in [0.25, 0.3) is 0 Å². The van der Waals surface area contributed by atoms with Gasteiger partial charge in [0.1, 0.15) is 0 Å². The molecule has 3 heteroatoms. The Kier molecular flexibility index (Phi) is 5.80. The van der Waals surface area contributed by atoms with E-state index in [1.807, 2.05) is 0 Å². The van der Waals surface area contributed by atoms with Gasteiger partial charge in [0, 0.05) is 5.54 Å². The van der Waals surface area contributed by atoms with Crippen molar-refractivity contribution in [3.05, 3.63) is 35.4 Å². The first-order valence-electron chi connectivity index (χ1n) is 8.36. The van der Waals surface area contributed by atoms with Crippen molar-refractivity contribution in [3.63, 3.8) is 0 Å². The predicted octanol–water partition coefficient (Wildman–Crippen LogP) is 3.41. The lowest BCUT2D eigenvalue weighted by Crippen LogP contribution is -2.56. The normalized spacial score (nSPS) is 19.7. The van der Waals surface area contributed by atoms with E-state index in [0.717, 1.165) is 6.42 Å². The minimum absolute atomic E-state index is 0.138. The van der Waals surface area contributed by atoms with E-state index < -0.39 is 0 Å². The molecule has 0 aliphatic heterocycles. The third kappa shape index (κ3) is 3.47. The van der Waals surface area contributed by atoms with Gasteiger partial charge in [-0.05, 0) is 44.5 Å². The van der Waals surface area contributed by atoms with E-state index in [0.29, 0.717) is 0 Å². The number of rotatable bonds is 6. The molecule has 0 saturated heterocycles. The maximum Gasteiger partial charge on any atom is 0.0643 e. The van der Waals surface area contributed by atoms with Gasteiger partial charge < -0.3 is 4.90 Å². The highest BCUT2D eigenvalue weighted by atomic mass is 15.3. The Hall–Kier alpha value is -0.900. The molecule has 1 aromatic rings. The van der Waals surface area contributed by atoms with Gasteiger partial charge in [0.15, 0.2) is 0 Å². The Morgan fingerprint density at radius 3 is 2.24 bits per heavy atom. The third-order valence-electron chi connectivity index (χ3n) is 5.17. The number of aryl methyl sites for hydroxylation is 1. The highest BCUT2D eigenvalue weighted by molar-refractivity contribution is 5.28. The Morgan fingerprint density at radius 1 is 1.14 bits per heavy atom. The highest BCUT2D eigenvalue weighted by Gasteiger charge is 2.42. The molecule has 3 N–H and O–H groups in total. The van der Waals surface area contributed by atoms with Crippen LogP contribution in [0.15, 0.2) is 24.3 Å². The number of hydrazine groups is 1. The number of benzene rings is 1. The largest absolute Gasteiger partial charge is 0.302 e. The van der Waals surface area contributed by atoms with E-state index in [9.17, 15) is 0 Å². The summed E-state index contributed by atoms with van der Waals surface area (Å²) >= 11 is 0. The highest BCUT2D eigenvalue weighted by Crippen LogP contribution is 2.41. The van der Waals surface area contributed by atoms with Gasteiger partial charge >= 0.3 is 0 Å². The van der Waals surface area contributed by atoms with Crippen molar-refractivity contribution in [2.75, 3.05) is 14.1 Å². The van der Waals surface area contributed by atoms with E-state index in [-0.39, 0.29) is 11.6 Å². The monoisotopic (exact) mass is 289 g/mol. The number of hydrogen-bond donors (Lipinski definition) is 2. The number of likely N-dealkylation sites (N-methyl/N-ethyl adjacent to an activating group) is 1. The fourth-order valence-corrected chi connectivity index (χ4v) is 3.89. The van der Waals surface area contributed by atoms with E-state index in [4.69, 9.17) is 5.84 Å². The van der Waals surface area contributed by atoms with Gasteiger partial charge in [-0.25, -0.2) is 0 Å². The number of nitrogens with one attached hydrogen (secondary N) is 1. The Balaban J connectivity index is 2.27. The number of hydrogen-bond acceptors (Lipinski definition) is 3. The van der Waals surface area contributed by atoms with Crippen molar-refractivity contribution in [1.82, 2.24) is 10.3 Å². The van der Waals surface area contributed by atoms with Crippen molar-refractivity contribution in [3.8, 4) is 0 Å². The first-order valence-corrected chi connectivity index (χ1v) is 8.36. The molecule has 1 atom stereocenters. The van der Waals surface area contributed by atoms with Crippen molar-refractivity contribution >= 4 is 0 Å². The topological polar surface area (TPSA) is 41.3 Å². The third-order valence-corrected chi connectivity index (χ3v) is 5.17. The minimum Gasteiger partial charge on any atom is -0.302 e. The summed E-state index contributed by atoms with van der Waals surface area (Å²) in [5.41, 5.74) is 5.99. The number of nitrogens with two attached hydrogens (primary N) is 1. The van der Waals surface area contributed by atoms with Gasteiger partial charge in [0.05, 0.1) is 6.04 Å². The second-order valence-corrected chi connectivity index (χ2v) is 6.65. The molecule has 1 aliphatic carbocycles. The van der Waals surface area contributed by atoms with Crippen LogP contribution in [0.2, 0.25) is 0 Å². The predicted molar refractivity (Wildman–Crippen MR) is 90.0 cm³/mol. The molecule has 0 amide bonds. The molecule has 1 saturated carbocycles. The zero-order chi connectivity index (χ0) is 15.3. The molecule has 1 unspecified atom stereocenters. The second-order valence-electron chi connectivity index (χ2n) is 6.65. The molecule has 0 spiro atoms. The molecule has 0 heterocycles. The summed E-state index contributed by atoms with van der Waals surface area (Å²) in [5, 5.41) is 0. The standard InChI is InChI=1S/C18H31N3/c1-4-8-15-9-11-16(12-10-15)17(20-19)18(21(2)3)13-6-5-7-14-18/h9-12,17,20H,4-8,13-14,19H2,1-3H3. The van der Waals surface area contributed by atoms with E-state index in [2.05, 4.69) is 55.6 Å². The molecule has 2 rings (SSSR count). The second kappa shape index (κ2) is 7.39. The zero-order valence-electron chi connectivity index (χ0n) is 13.9. The average Bonchev–Trinajstić information content (AvgIpc) is 2.51. The number of nitrogens with zero attached hydrogens (tertiary/aromatic N) is 1. The van der Waals surface area contributed by atoms with Gasteiger partial charge in [-0.1, -0.05) is 56.9 Å². The lowest BCUT2D eigenvalue weighted by Gasteiger charge is -2.48. The molecule has 1 fully saturated rings. The van der Waals surface area contributed by atoms with Crippen LogP contribution in [0, 0.1) is 0 Å². The van der Waals surface area contributed by atoms with Crippen molar-refractivity contribution in [2.24, 2.45) is 5.84 Å². The van der Waals surface area contributed by atoms with Gasteiger partial charge in [-0.3, -0.25) is 11.3 Å². The van der Waals surface area contributed by atoms with Crippen molar-refractivity contribution in [2.45, 2.75) is 63.5 Å². The Morgan fingerprint density at radius 2 is 1.76 bits per heavy atom. The molecule has 3 nitrogen and oxygen atoms in total. The average molecular weight is 289 g/mol. The van der Waals surface area contributed by atoms with Crippen LogP contribution in [0.5, 0.6) is 0 Å². The molecular formula is C18H31N3. The van der Waals surface area contributed by atoms with Crippen LogP contribution in [0.3, 0.4) is 0 Å². The quantitative estimate of drug-likeness (QED) is 0.623. The van der Waals surface area contributed by atoms with E-state index in [1.54, 1.807) is 0 Å². The van der Waals surface area contributed by atoms with Crippen LogP contribution in [-0.4, -0.2) is 24.5 Å². The van der Waals surface area contributed by atoms with E-state index >= 15 is 0 Å². The van der Waals surface area contributed by atoms with Crippen molar-refractivity contribution in [1.29, 1.82) is 0 Å². The van der Waals surface area contributed by atoms with Crippen LogP contribution in [0.1, 0.15) is 62.6 Å². The summed E-state index contributed by atoms with van der Waals surface area (Å²) < 4.78 is 0. The van der Waals surface area contributed by atoms with Crippen LogP contribution < -0.4 is 11.3 Å². The lowest BCUT2D eigenvalue weighted by molar-refractivity contribution is 0.0564. The Bertz CT molecular complexity index is 419. The smallest absolute Gasteiger partial charge is 0.0643 e. The fraction of sp³-hybridized carbons (Fsp3) is 0.667. The summed E-state index contributed by atoms with van der Waals surface area (Å²) in [4.78, 5) is 2.39. The van der Waals surface area contributed by atoms with Crippen molar-refractivity contribution < 1.29 is 0 Å².